The molecule has 3 aromatic carbocycles. The van der Waals surface area contributed by atoms with Crippen molar-refractivity contribution in [2.75, 3.05) is 0 Å². The van der Waals surface area contributed by atoms with Gasteiger partial charge in [0.25, 0.3) is 5.91 Å². The molecule has 6 nitrogen and oxygen atoms in total. The van der Waals surface area contributed by atoms with E-state index in [-0.39, 0.29) is 10.9 Å². The molecule has 3 N–H and O–H groups in total. The summed E-state index contributed by atoms with van der Waals surface area (Å²) in [6.07, 6.45) is 0. The van der Waals surface area contributed by atoms with Crippen LogP contribution in [0.5, 0.6) is 0 Å². The van der Waals surface area contributed by atoms with Crippen LogP contribution in [0.15, 0.2) is 78.2 Å². The fourth-order valence-corrected chi connectivity index (χ4v) is 4.32. The molecular formula is C25H22FN4O2S+. The van der Waals surface area contributed by atoms with Crippen molar-refractivity contribution in [2.24, 2.45) is 5.73 Å². The molecule has 33 heavy (non-hydrogen) atoms. The van der Waals surface area contributed by atoms with E-state index in [1.807, 2.05) is 38.1 Å². The number of hydrogen-bond donors (Lipinski definition) is 2. The van der Waals surface area contributed by atoms with Crippen LogP contribution in [0.3, 0.4) is 0 Å². The molecule has 1 atom stereocenters. The average molecular weight is 462 g/mol. The van der Waals surface area contributed by atoms with E-state index in [9.17, 15) is 14.0 Å². The van der Waals surface area contributed by atoms with E-state index in [4.69, 9.17) is 5.73 Å². The van der Waals surface area contributed by atoms with Gasteiger partial charge in [0.2, 0.25) is 0 Å². The first-order valence-corrected chi connectivity index (χ1v) is 11.0. The number of aromatic nitrogens is 1. The molecule has 1 aromatic heterocycles. The third kappa shape index (κ3) is 4.39. The molecule has 0 radical (unpaired) electrons. The molecular weight excluding hydrogens is 439 g/mol. The van der Waals surface area contributed by atoms with Gasteiger partial charge in [-0.05, 0) is 54.8 Å². The van der Waals surface area contributed by atoms with E-state index in [1.54, 1.807) is 41.8 Å². The second-order valence-electron chi connectivity index (χ2n) is 7.67. The van der Waals surface area contributed by atoms with Crippen molar-refractivity contribution in [3.63, 3.8) is 0 Å². The van der Waals surface area contributed by atoms with Gasteiger partial charge in [-0.1, -0.05) is 46.7 Å². The monoisotopic (exact) mass is 461 g/mol. The first kappa shape index (κ1) is 22.3. The number of benzene rings is 3. The Balaban J connectivity index is 1.84. The van der Waals surface area contributed by atoms with Gasteiger partial charge in [0.15, 0.2) is 5.69 Å². The van der Waals surface area contributed by atoms with E-state index in [0.29, 0.717) is 22.5 Å². The molecule has 0 spiro atoms. The van der Waals surface area contributed by atoms with E-state index in [0.717, 1.165) is 11.1 Å². The third-order valence-electron chi connectivity index (χ3n) is 5.25. The van der Waals surface area contributed by atoms with Gasteiger partial charge in [0.1, 0.15) is 5.82 Å². The number of amides is 3. The maximum Gasteiger partial charge on any atom is 0.451 e. The van der Waals surface area contributed by atoms with Gasteiger partial charge in [-0.15, -0.1) is 0 Å². The zero-order valence-corrected chi connectivity index (χ0v) is 18.9. The largest absolute Gasteiger partial charge is 0.451 e. The van der Waals surface area contributed by atoms with Crippen LogP contribution in [0.2, 0.25) is 0 Å². The first-order chi connectivity index (χ1) is 15.8. The minimum Gasteiger partial charge on any atom is -0.316 e. The fraction of sp³-hybridized carbons (Fsp3) is 0.0800. The molecule has 4 aromatic rings. The van der Waals surface area contributed by atoms with Crippen LogP contribution in [0.25, 0.3) is 11.3 Å². The molecule has 1 unspecified atom stereocenters. The molecule has 4 rings (SSSR count). The first-order valence-electron chi connectivity index (χ1n) is 10.2. The van der Waals surface area contributed by atoms with E-state index >= 15 is 0 Å². The molecule has 0 saturated heterocycles. The molecule has 0 bridgehead atoms. The Bertz CT molecular complexity index is 1300. The highest BCUT2D eigenvalue weighted by molar-refractivity contribution is 7.14. The summed E-state index contributed by atoms with van der Waals surface area (Å²) in [6.45, 7) is 3.84. The number of primary amides is 1. The predicted molar refractivity (Wildman–Crippen MR) is 128 cm³/mol. The standard InChI is InChI=1S/C25H21FN4O2S/c1-16-3-7-19(8-4-16)23(31)29-30(24(27)32,21-13-5-17(2)6-14-21)25-28-22(15-33-25)18-9-11-20(26)12-10-18/h3-15H,1-2H3,(H2-,27,29,31,32)/p+1. The van der Waals surface area contributed by atoms with Crippen LogP contribution in [0, 0.1) is 19.7 Å². The third-order valence-corrected chi connectivity index (χ3v) is 6.17. The Hall–Kier alpha value is -3.88. The second-order valence-corrected chi connectivity index (χ2v) is 8.51. The number of nitrogens with one attached hydrogen (secondary N) is 1. The van der Waals surface area contributed by atoms with Crippen molar-refractivity contribution in [3.8, 4) is 11.3 Å². The summed E-state index contributed by atoms with van der Waals surface area (Å²) in [6, 6.07) is 19.2. The Morgan fingerprint density at radius 3 is 2.06 bits per heavy atom. The van der Waals surface area contributed by atoms with Gasteiger partial charge in [-0.3, -0.25) is 4.79 Å². The minimum atomic E-state index is -0.820. The van der Waals surface area contributed by atoms with E-state index < -0.39 is 16.5 Å². The number of nitrogens with two attached hydrogens (primary N) is 1. The van der Waals surface area contributed by atoms with Crippen LogP contribution in [-0.4, -0.2) is 16.9 Å². The van der Waals surface area contributed by atoms with Gasteiger partial charge in [0.05, 0.1) is 5.69 Å². The Labute approximate surface area is 194 Å². The van der Waals surface area contributed by atoms with Crippen LogP contribution in [0.4, 0.5) is 20.0 Å². The quantitative estimate of drug-likeness (QED) is 0.305. The lowest BCUT2D eigenvalue weighted by Crippen LogP contribution is -2.63. The number of hydrogen-bond acceptors (Lipinski definition) is 4. The summed E-state index contributed by atoms with van der Waals surface area (Å²) in [5.41, 5.74) is 12.8. The number of thiazole rings is 1. The van der Waals surface area contributed by atoms with Gasteiger partial charge in [-0.25, -0.2) is 9.18 Å². The summed E-state index contributed by atoms with van der Waals surface area (Å²) >= 11 is 1.17. The lowest BCUT2D eigenvalue weighted by molar-refractivity contribution is 0.0881. The number of nitrogens with zero attached hydrogens (tertiary/aromatic N) is 2. The SMILES string of the molecule is Cc1ccc(C(=O)N[N+](C(N)=O)(c2ccc(C)cc2)c2nc(-c3ccc(F)cc3)cs2)cc1. The number of halogens is 1. The lowest BCUT2D eigenvalue weighted by Gasteiger charge is -2.29. The minimum absolute atomic E-state index is 0.256. The molecule has 0 aliphatic heterocycles. The van der Waals surface area contributed by atoms with Crippen LogP contribution >= 0.6 is 11.3 Å². The normalized spacial score (nSPS) is 12.7. The van der Waals surface area contributed by atoms with Crippen LogP contribution < -0.4 is 15.8 Å². The van der Waals surface area contributed by atoms with Crippen LogP contribution in [-0.2, 0) is 0 Å². The Morgan fingerprint density at radius 2 is 1.48 bits per heavy atom. The lowest BCUT2D eigenvalue weighted by atomic mass is 10.1. The summed E-state index contributed by atoms with van der Waals surface area (Å²) in [4.78, 5) is 30.8. The van der Waals surface area contributed by atoms with E-state index in [1.165, 1.54) is 23.5 Å². The molecule has 3 amide bonds. The number of carbonyl (C=O) groups excluding carboxylic acids is 2. The summed E-state index contributed by atoms with van der Waals surface area (Å²) < 4.78 is 12.6. The van der Waals surface area contributed by atoms with Crippen molar-refractivity contribution in [3.05, 3.63) is 101 Å². The molecule has 1 heterocycles. The Kier molecular flexibility index (Phi) is 6.04. The number of quaternary nitrogens is 1. The molecule has 0 fully saturated rings. The van der Waals surface area contributed by atoms with Crippen molar-refractivity contribution >= 4 is 34.1 Å². The molecule has 0 saturated carbocycles. The maximum atomic E-state index is 13.4. The predicted octanol–water partition coefficient (Wildman–Crippen LogP) is 5.63. The van der Waals surface area contributed by atoms with Gasteiger partial charge in [-0.2, -0.15) is 10.4 Å². The second kappa shape index (κ2) is 8.93. The van der Waals surface area contributed by atoms with Crippen molar-refractivity contribution < 1.29 is 14.0 Å². The summed E-state index contributed by atoms with van der Waals surface area (Å²) in [5, 5.41) is 2.00. The maximum absolute atomic E-state index is 13.4. The number of aryl methyl sites for hydroxylation is 2. The van der Waals surface area contributed by atoms with Gasteiger partial charge >= 0.3 is 11.2 Å². The average Bonchev–Trinajstić information content (AvgIpc) is 3.29. The highest BCUT2D eigenvalue weighted by atomic mass is 32.1. The molecule has 166 valence electrons. The smallest absolute Gasteiger partial charge is 0.316 e. The van der Waals surface area contributed by atoms with Crippen molar-refractivity contribution in [1.82, 2.24) is 15.0 Å². The molecule has 8 heteroatoms. The zero-order valence-electron chi connectivity index (χ0n) is 18.1. The Morgan fingerprint density at radius 1 is 0.909 bits per heavy atom. The van der Waals surface area contributed by atoms with Crippen LogP contribution in [0.1, 0.15) is 21.5 Å². The van der Waals surface area contributed by atoms with Crippen molar-refractivity contribution in [2.45, 2.75) is 13.8 Å². The fourth-order valence-electron chi connectivity index (χ4n) is 3.36. The van der Waals surface area contributed by atoms with Gasteiger partial charge < -0.3 is 5.73 Å². The van der Waals surface area contributed by atoms with E-state index in [2.05, 4.69) is 10.4 Å². The number of rotatable bonds is 4. The number of urea groups is 1. The summed E-state index contributed by atoms with van der Waals surface area (Å²) in [5.74, 6) is -0.839. The molecule has 0 aliphatic carbocycles. The highest BCUT2D eigenvalue weighted by Gasteiger charge is 2.46. The van der Waals surface area contributed by atoms with Gasteiger partial charge in [0, 0.05) is 28.6 Å². The zero-order chi connectivity index (χ0) is 23.6. The van der Waals surface area contributed by atoms with Crippen molar-refractivity contribution in [1.29, 1.82) is 0 Å². The highest BCUT2D eigenvalue weighted by Crippen LogP contribution is 2.37. The topological polar surface area (TPSA) is 85.1 Å². The molecule has 0 aliphatic rings. The summed E-state index contributed by atoms with van der Waals surface area (Å²) in [7, 11) is 0. The number of carbonyl (C=O) groups is 2.